The molecule has 4 amide bonds. The Morgan fingerprint density at radius 1 is 0.850 bits per heavy atom. The molecule has 11 nitrogen and oxygen atoms in total. The van der Waals surface area contributed by atoms with Gasteiger partial charge in [-0.25, -0.2) is 14.5 Å². The van der Waals surface area contributed by atoms with Crippen LogP contribution in [0.25, 0.3) is 17.3 Å². The topological polar surface area (TPSA) is 158 Å². The zero-order valence-corrected chi connectivity index (χ0v) is 20.6. The number of hydrogen-bond donors (Lipinski definition) is 2. The second-order valence-electron chi connectivity index (χ2n) is 8.40. The van der Waals surface area contributed by atoms with E-state index in [4.69, 9.17) is 4.42 Å². The number of nitrogens with one attached hydrogen (secondary N) is 2. The minimum Gasteiger partial charge on any atom is -0.859 e. The molecule has 0 saturated carbocycles. The highest BCUT2D eigenvalue weighted by atomic mass is 16.3. The van der Waals surface area contributed by atoms with Crippen LogP contribution in [-0.2, 0) is 9.59 Å². The van der Waals surface area contributed by atoms with Gasteiger partial charge in [0.25, 0.3) is 17.4 Å². The molecule has 1 fully saturated rings. The SMILES string of the molecule is O=C1NC(=O)N(c2ccccc2)C(=O)C1=CC=C(C=Cc1c([O-])n(-c2ccccc2)c(=O)[nH]c1=O)c1ccco1. The number of allylic oxidation sites excluding steroid dienone is 4. The predicted octanol–water partition coefficient (Wildman–Crippen LogP) is 2.50. The van der Waals surface area contributed by atoms with Gasteiger partial charge in [-0.3, -0.25) is 29.3 Å². The van der Waals surface area contributed by atoms with E-state index in [1.165, 1.54) is 30.6 Å². The van der Waals surface area contributed by atoms with Crippen molar-refractivity contribution in [2.45, 2.75) is 0 Å². The Morgan fingerprint density at radius 2 is 1.52 bits per heavy atom. The molecular formula is C29H19N4O7-. The third kappa shape index (κ3) is 4.94. The lowest BCUT2D eigenvalue weighted by atomic mass is 10.1. The number of imide groups is 2. The molecule has 11 heteroatoms. The van der Waals surface area contributed by atoms with E-state index in [0.29, 0.717) is 0 Å². The molecule has 0 aliphatic carbocycles. The number of barbiturate groups is 1. The minimum atomic E-state index is -0.894. The van der Waals surface area contributed by atoms with Crippen LogP contribution < -0.4 is 26.6 Å². The molecule has 0 bridgehead atoms. The molecule has 2 N–H and O–H groups in total. The number of aromatic amines is 1. The second kappa shape index (κ2) is 10.8. The van der Waals surface area contributed by atoms with E-state index in [9.17, 15) is 29.1 Å². The molecule has 0 radical (unpaired) electrons. The van der Waals surface area contributed by atoms with Crippen molar-refractivity contribution in [1.29, 1.82) is 0 Å². The Bertz CT molecular complexity index is 1810. The summed E-state index contributed by atoms with van der Waals surface area (Å²) in [6.07, 6.45) is 6.53. The normalized spacial score (nSPS) is 15.2. The Kier molecular flexibility index (Phi) is 6.93. The molecule has 198 valence electrons. The lowest BCUT2D eigenvalue weighted by Gasteiger charge is -2.26. The van der Waals surface area contributed by atoms with E-state index in [1.807, 2.05) is 0 Å². The zero-order chi connectivity index (χ0) is 28.2. The van der Waals surface area contributed by atoms with Gasteiger partial charge >= 0.3 is 11.7 Å². The molecule has 2 aromatic carbocycles. The summed E-state index contributed by atoms with van der Waals surface area (Å²) in [4.78, 5) is 65.9. The third-order valence-electron chi connectivity index (χ3n) is 5.90. The highest BCUT2D eigenvalue weighted by Gasteiger charge is 2.36. The van der Waals surface area contributed by atoms with E-state index >= 15 is 0 Å². The van der Waals surface area contributed by atoms with Crippen LogP contribution in [0.5, 0.6) is 5.88 Å². The number of amides is 4. The monoisotopic (exact) mass is 535 g/mol. The number of carbonyl (C=O) groups excluding carboxylic acids is 3. The van der Waals surface area contributed by atoms with Crippen LogP contribution in [0.15, 0.2) is 117 Å². The van der Waals surface area contributed by atoms with Gasteiger partial charge in [0.15, 0.2) is 0 Å². The van der Waals surface area contributed by atoms with Gasteiger partial charge in [-0.1, -0.05) is 48.6 Å². The standard InChI is InChI=1S/C29H20N4O7/c34-24-21(26(36)32(28(38)30-24)19-8-3-1-4-9-19)15-13-18(23-12-7-17-40-23)14-16-22-25(35)31-29(39)33(27(22)37)20-10-5-2-6-11-20/h1-17,36H,(H,30,34,38)(H,31,35,39)/p-1. The van der Waals surface area contributed by atoms with Gasteiger partial charge in [0.1, 0.15) is 11.3 Å². The van der Waals surface area contributed by atoms with Crippen molar-refractivity contribution in [3.8, 4) is 11.6 Å². The smallest absolute Gasteiger partial charge is 0.335 e. The van der Waals surface area contributed by atoms with Crippen LogP contribution in [0.3, 0.4) is 0 Å². The van der Waals surface area contributed by atoms with Crippen molar-refractivity contribution in [1.82, 2.24) is 14.9 Å². The van der Waals surface area contributed by atoms with E-state index in [0.717, 1.165) is 9.47 Å². The van der Waals surface area contributed by atoms with Crippen molar-refractivity contribution in [2.75, 3.05) is 4.90 Å². The number of aromatic nitrogens is 2. The van der Waals surface area contributed by atoms with Gasteiger partial charge in [0.2, 0.25) is 0 Å². The van der Waals surface area contributed by atoms with Gasteiger partial charge in [0.05, 0.1) is 12.0 Å². The summed E-state index contributed by atoms with van der Waals surface area (Å²) in [5.74, 6) is -2.29. The first-order chi connectivity index (χ1) is 19.3. The maximum atomic E-state index is 13.1. The van der Waals surface area contributed by atoms with Crippen molar-refractivity contribution in [3.63, 3.8) is 0 Å². The summed E-state index contributed by atoms with van der Waals surface area (Å²) in [5.41, 5.74) is -1.62. The summed E-state index contributed by atoms with van der Waals surface area (Å²) in [7, 11) is 0. The fourth-order valence-corrected chi connectivity index (χ4v) is 3.99. The second-order valence-corrected chi connectivity index (χ2v) is 8.40. The molecule has 4 aromatic rings. The van der Waals surface area contributed by atoms with E-state index in [2.05, 4.69) is 10.3 Å². The maximum absolute atomic E-state index is 13.1. The van der Waals surface area contributed by atoms with Crippen LogP contribution in [0.2, 0.25) is 0 Å². The summed E-state index contributed by atoms with van der Waals surface area (Å²) in [6.45, 7) is 0. The first kappa shape index (κ1) is 25.7. The molecule has 3 heterocycles. The summed E-state index contributed by atoms with van der Waals surface area (Å²) in [5, 5.41) is 15.2. The van der Waals surface area contributed by atoms with Crippen LogP contribution in [-0.4, -0.2) is 27.4 Å². The Morgan fingerprint density at radius 3 is 2.17 bits per heavy atom. The lowest BCUT2D eigenvalue weighted by Crippen LogP contribution is -2.54. The number of rotatable bonds is 6. The number of carbonyl (C=O) groups is 3. The quantitative estimate of drug-likeness (QED) is 0.218. The molecule has 0 atom stereocenters. The van der Waals surface area contributed by atoms with Crippen LogP contribution in [0.1, 0.15) is 11.3 Å². The maximum Gasteiger partial charge on any atom is 0.335 e. The average Bonchev–Trinajstić information content (AvgIpc) is 3.47. The molecule has 1 aliphatic rings. The van der Waals surface area contributed by atoms with Gasteiger partial charge in [0, 0.05) is 16.8 Å². The highest BCUT2D eigenvalue weighted by molar-refractivity contribution is 6.37. The number of furan rings is 1. The first-order valence-corrected chi connectivity index (χ1v) is 11.9. The van der Waals surface area contributed by atoms with E-state index in [1.54, 1.807) is 72.8 Å². The van der Waals surface area contributed by atoms with E-state index in [-0.39, 0.29) is 33.8 Å². The van der Waals surface area contributed by atoms with Gasteiger partial charge in [-0.2, -0.15) is 0 Å². The fourth-order valence-electron chi connectivity index (χ4n) is 3.99. The first-order valence-electron chi connectivity index (χ1n) is 11.9. The van der Waals surface area contributed by atoms with Crippen molar-refractivity contribution < 1.29 is 23.9 Å². The third-order valence-corrected chi connectivity index (χ3v) is 5.90. The van der Waals surface area contributed by atoms with Gasteiger partial charge in [-0.15, -0.1) is 0 Å². The predicted molar refractivity (Wildman–Crippen MR) is 143 cm³/mol. The largest absolute Gasteiger partial charge is 0.859 e. The number of benzene rings is 2. The van der Waals surface area contributed by atoms with Crippen LogP contribution >= 0.6 is 0 Å². The number of para-hydroxylation sites is 2. The fraction of sp³-hybridized carbons (Fsp3) is 0. The van der Waals surface area contributed by atoms with Crippen molar-refractivity contribution >= 4 is 35.2 Å². The Labute approximate surface area is 225 Å². The molecule has 1 aliphatic heterocycles. The van der Waals surface area contributed by atoms with E-state index < -0.39 is 35.0 Å². The molecule has 0 unspecified atom stereocenters. The molecule has 1 saturated heterocycles. The van der Waals surface area contributed by atoms with Gasteiger partial charge < -0.3 is 9.52 Å². The summed E-state index contributed by atoms with van der Waals surface area (Å²) >= 11 is 0. The molecular weight excluding hydrogens is 516 g/mol. The molecule has 40 heavy (non-hydrogen) atoms. The van der Waals surface area contributed by atoms with Crippen molar-refractivity contribution in [3.05, 3.63) is 135 Å². The lowest BCUT2D eigenvalue weighted by molar-refractivity contribution is -0.278. The summed E-state index contributed by atoms with van der Waals surface area (Å²) < 4.78 is 6.27. The average molecular weight is 535 g/mol. The molecule has 0 spiro atoms. The number of hydrogen-bond acceptors (Lipinski definition) is 7. The molecule has 2 aromatic heterocycles. The number of urea groups is 1. The van der Waals surface area contributed by atoms with Crippen LogP contribution in [0, 0.1) is 0 Å². The summed E-state index contributed by atoms with van der Waals surface area (Å²) in [6, 6.07) is 18.5. The van der Waals surface area contributed by atoms with Crippen LogP contribution in [0.4, 0.5) is 10.5 Å². The Hall–Kier alpha value is -5.97. The van der Waals surface area contributed by atoms with Crippen molar-refractivity contribution in [2.24, 2.45) is 0 Å². The number of nitrogens with zero attached hydrogens (tertiary/aromatic N) is 2. The molecule has 5 rings (SSSR count). The minimum absolute atomic E-state index is 0.272. The zero-order valence-electron chi connectivity index (χ0n) is 20.6. The highest BCUT2D eigenvalue weighted by Crippen LogP contribution is 2.23. The van der Waals surface area contributed by atoms with Gasteiger partial charge in [-0.05, 0) is 54.4 Å². The number of anilines is 1. The number of H-pyrrole nitrogens is 1. The Balaban J connectivity index is 1.56.